The van der Waals surface area contributed by atoms with E-state index >= 15 is 0 Å². The molecule has 0 atom stereocenters. The van der Waals surface area contributed by atoms with E-state index < -0.39 is 0 Å². The molecular formula is C18H27NO. The van der Waals surface area contributed by atoms with Gasteiger partial charge < -0.3 is 4.90 Å². The van der Waals surface area contributed by atoms with Gasteiger partial charge in [-0.3, -0.25) is 4.79 Å². The molecule has 110 valence electrons. The van der Waals surface area contributed by atoms with Crippen LogP contribution in [0.5, 0.6) is 0 Å². The summed E-state index contributed by atoms with van der Waals surface area (Å²) >= 11 is 0. The van der Waals surface area contributed by atoms with Gasteiger partial charge in [-0.2, -0.15) is 0 Å². The molecule has 0 heterocycles. The summed E-state index contributed by atoms with van der Waals surface area (Å²) in [4.78, 5) is 14.9. The maximum atomic E-state index is 12.8. The van der Waals surface area contributed by atoms with Gasteiger partial charge in [-0.05, 0) is 50.3 Å². The first-order chi connectivity index (χ1) is 9.50. The van der Waals surface area contributed by atoms with Gasteiger partial charge in [-0.1, -0.05) is 38.8 Å². The van der Waals surface area contributed by atoms with E-state index in [4.69, 9.17) is 0 Å². The number of rotatable bonds is 4. The molecule has 0 aliphatic heterocycles. The van der Waals surface area contributed by atoms with Gasteiger partial charge in [0.15, 0.2) is 0 Å². The Balaban J connectivity index is 2.18. The van der Waals surface area contributed by atoms with Crippen LogP contribution in [-0.2, 0) is 0 Å². The number of hydrogen-bond acceptors (Lipinski definition) is 1. The number of carbonyl (C=O) groups is 1. The average molecular weight is 273 g/mol. The first kappa shape index (κ1) is 15.1. The van der Waals surface area contributed by atoms with Crippen LogP contribution in [0.15, 0.2) is 24.3 Å². The molecule has 0 saturated heterocycles. The van der Waals surface area contributed by atoms with Gasteiger partial charge >= 0.3 is 0 Å². The lowest BCUT2D eigenvalue weighted by Crippen LogP contribution is -2.43. The minimum Gasteiger partial charge on any atom is -0.333 e. The fourth-order valence-corrected chi connectivity index (χ4v) is 3.16. The number of hydrogen-bond donors (Lipinski definition) is 0. The quantitative estimate of drug-likeness (QED) is 0.785. The lowest BCUT2D eigenvalue weighted by molar-refractivity contribution is 0.0613. The lowest BCUT2D eigenvalue weighted by Gasteiger charge is -2.33. The highest BCUT2D eigenvalue weighted by atomic mass is 16.2. The standard InChI is InChI=1S/C18H27NO/c1-13(2)15-9-11-16(12-10-15)18(20)19(14(3)4)17-7-5-6-8-17/h9-14,17H,5-8H2,1-4H3. The summed E-state index contributed by atoms with van der Waals surface area (Å²) in [6.45, 7) is 8.60. The molecule has 1 aromatic carbocycles. The highest BCUT2D eigenvalue weighted by Gasteiger charge is 2.29. The average Bonchev–Trinajstić information content (AvgIpc) is 2.92. The maximum absolute atomic E-state index is 12.8. The summed E-state index contributed by atoms with van der Waals surface area (Å²) in [5, 5.41) is 0. The van der Waals surface area contributed by atoms with Crippen LogP contribution in [0.1, 0.15) is 75.2 Å². The molecule has 0 spiro atoms. The number of amides is 1. The van der Waals surface area contributed by atoms with E-state index in [-0.39, 0.29) is 11.9 Å². The molecule has 2 rings (SSSR count). The second-order valence-electron chi connectivity index (χ2n) is 6.52. The van der Waals surface area contributed by atoms with Crippen molar-refractivity contribution in [3.8, 4) is 0 Å². The number of benzene rings is 1. The van der Waals surface area contributed by atoms with Crippen molar-refractivity contribution in [1.82, 2.24) is 4.90 Å². The topological polar surface area (TPSA) is 20.3 Å². The highest BCUT2D eigenvalue weighted by Crippen LogP contribution is 2.27. The van der Waals surface area contributed by atoms with E-state index in [1.807, 2.05) is 12.1 Å². The summed E-state index contributed by atoms with van der Waals surface area (Å²) in [5.41, 5.74) is 2.12. The van der Waals surface area contributed by atoms with Crippen LogP contribution >= 0.6 is 0 Å². The molecule has 1 aliphatic carbocycles. The van der Waals surface area contributed by atoms with Gasteiger partial charge in [0.25, 0.3) is 5.91 Å². The fourth-order valence-electron chi connectivity index (χ4n) is 3.16. The Morgan fingerprint density at radius 2 is 1.60 bits per heavy atom. The summed E-state index contributed by atoms with van der Waals surface area (Å²) in [7, 11) is 0. The first-order valence-electron chi connectivity index (χ1n) is 7.93. The molecule has 1 aliphatic rings. The second kappa shape index (κ2) is 6.43. The summed E-state index contributed by atoms with van der Waals surface area (Å²) < 4.78 is 0. The Labute approximate surface area is 123 Å². The molecule has 0 N–H and O–H groups in total. The Morgan fingerprint density at radius 3 is 2.05 bits per heavy atom. The van der Waals surface area contributed by atoms with Gasteiger partial charge in [-0.25, -0.2) is 0 Å². The molecule has 1 amide bonds. The number of carbonyl (C=O) groups excluding carboxylic acids is 1. The molecule has 0 bridgehead atoms. The normalized spacial score (nSPS) is 16.1. The van der Waals surface area contributed by atoms with Crippen LogP contribution in [0, 0.1) is 0 Å². The third-order valence-corrected chi connectivity index (χ3v) is 4.33. The minimum absolute atomic E-state index is 0.196. The zero-order valence-electron chi connectivity index (χ0n) is 13.2. The Kier molecular flexibility index (Phi) is 4.85. The van der Waals surface area contributed by atoms with Gasteiger partial charge in [-0.15, -0.1) is 0 Å². The maximum Gasteiger partial charge on any atom is 0.254 e. The molecule has 1 fully saturated rings. The zero-order chi connectivity index (χ0) is 14.7. The lowest BCUT2D eigenvalue weighted by atomic mass is 10.0. The molecule has 2 nitrogen and oxygen atoms in total. The van der Waals surface area contributed by atoms with Crippen molar-refractivity contribution < 1.29 is 4.79 Å². The van der Waals surface area contributed by atoms with Gasteiger partial charge in [0.2, 0.25) is 0 Å². The predicted molar refractivity (Wildman–Crippen MR) is 84.1 cm³/mol. The molecule has 0 unspecified atom stereocenters. The van der Waals surface area contributed by atoms with Gasteiger partial charge in [0, 0.05) is 17.6 Å². The Bertz CT molecular complexity index is 441. The first-order valence-corrected chi connectivity index (χ1v) is 7.93. The van der Waals surface area contributed by atoms with Crippen LogP contribution in [0.4, 0.5) is 0 Å². The second-order valence-corrected chi connectivity index (χ2v) is 6.52. The van der Waals surface area contributed by atoms with Gasteiger partial charge in [0.1, 0.15) is 0 Å². The fraction of sp³-hybridized carbons (Fsp3) is 0.611. The van der Waals surface area contributed by atoms with E-state index in [2.05, 4.69) is 44.7 Å². The van der Waals surface area contributed by atoms with Crippen LogP contribution < -0.4 is 0 Å². The Hall–Kier alpha value is -1.31. The molecule has 0 aromatic heterocycles. The van der Waals surface area contributed by atoms with E-state index in [1.165, 1.54) is 18.4 Å². The summed E-state index contributed by atoms with van der Waals surface area (Å²) in [6, 6.07) is 8.86. The monoisotopic (exact) mass is 273 g/mol. The highest BCUT2D eigenvalue weighted by molar-refractivity contribution is 5.94. The molecule has 1 aromatic rings. The van der Waals surface area contributed by atoms with E-state index in [0.29, 0.717) is 12.0 Å². The van der Waals surface area contributed by atoms with Crippen LogP contribution in [-0.4, -0.2) is 22.9 Å². The molecule has 1 saturated carbocycles. The van der Waals surface area contributed by atoms with Gasteiger partial charge in [0.05, 0.1) is 0 Å². The number of nitrogens with zero attached hydrogens (tertiary/aromatic N) is 1. The van der Waals surface area contributed by atoms with Crippen molar-refractivity contribution in [2.75, 3.05) is 0 Å². The van der Waals surface area contributed by atoms with E-state index in [1.54, 1.807) is 0 Å². The minimum atomic E-state index is 0.196. The van der Waals surface area contributed by atoms with Crippen LogP contribution in [0.3, 0.4) is 0 Å². The predicted octanol–water partition coefficient (Wildman–Crippen LogP) is 4.60. The van der Waals surface area contributed by atoms with Crippen LogP contribution in [0.2, 0.25) is 0 Å². The van der Waals surface area contributed by atoms with Crippen molar-refractivity contribution in [1.29, 1.82) is 0 Å². The third-order valence-electron chi connectivity index (χ3n) is 4.33. The molecule has 2 heteroatoms. The summed E-state index contributed by atoms with van der Waals surface area (Å²) in [5.74, 6) is 0.706. The smallest absolute Gasteiger partial charge is 0.254 e. The van der Waals surface area contributed by atoms with E-state index in [0.717, 1.165) is 18.4 Å². The third kappa shape index (κ3) is 3.23. The molecular weight excluding hydrogens is 246 g/mol. The van der Waals surface area contributed by atoms with Crippen molar-refractivity contribution in [3.05, 3.63) is 35.4 Å². The van der Waals surface area contributed by atoms with Crippen molar-refractivity contribution in [3.63, 3.8) is 0 Å². The van der Waals surface area contributed by atoms with Crippen molar-refractivity contribution in [2.24, 2.45) is 0 Å². The van der Waals surface area contributed by atoms with E-state index in [9.17, 15) is 4.79 Å². The largest absolute Gasteiger partial charge is 0.333 e. The SMILES string of the molecule is CC(C)c1ccc(C(=O)N(C(C)C)C2CCCC2)cc1. The zero-order valence-corrected chi connectivity index (χ0v) is 13.2. The van der Waals surface area contributed by atoms with Crippen molar-refractivity contribution >= 4 is 5.91 Å². The molecule has 20 heavy (non-hydrogen) atoms. The Morgan fingerprint density at radius 1 is 1.05 bits per heavy atom. The van der Waals surface area contributed by atoms with Crippen molar-refractivity contribution in [2.45, 2.75) is 71.4 Å². The summed E-state index contributed by atoms with van der Waals surface area (Å²) in [6.07, 6.45) is 4.84. The van der Waals surface area contributed by atoms with Crippen LogP contribution in [0.25, 0.3) is 0 Å². The molecule has 0 radical (unpaired) electrons.